The van der Waals surface area contributed by atoms with Crippen molar-refractivity contribution in [2.75, 3.05) is 25.5 Å². The molecule has 0 heterocycles. The molecule has 3 heteroatoms. The summed E-state index contributed by atoms with van der Waals surface area (Å²) in [7, 11) is 2.16. The van der Waals surface area contributed by atoms with E-state index in [1.165, 1.54) is 0 Å². The van der Waals surface area contributed by atoms with Crippen LogP contribution in [0, 0.1) is 11.3 Å². The van der Waals surface area contributed by atoms with Gasteiger partial charge in [-0.25, -0.2) is 0 Å². The highest BCUT2D eigenvalue weighted by molar-refractivity contribution is 5.97. The Balaban J connectivity index is 2.12. The smallest absolute Gasteiger partial charge is 0.0998 e. The molecule has 2 aromatic rings. The van der Waals surface area contributed by atoms with Crippen LogP contribution in [0.2, 0.25) is 0 Å². The van der Waals surface area contributed by atoms with E-state index in [0.717, 1.165) is 41.5 Å². The van der Waals surface area contributed by atoms with E-state index >= 15 is 0 Å². The van der Waals surface area contributed by atoms with E-state index in [2.05, 4.69) is 43.2 Å². The van der Waals surface area contributed by atoms with Gasteiger partial charge in [0, 0.05) is 35.6 Å². The Hall–Kier alpha value is -2.05. The molecule has 0 aromatic heterocycles. The Morgan fingerprint density at radius 3 is 2.57 bits per heavy atom. The van der Waals surface area contributed by atoms with Crippen molar-refractivity contribution in [2.45, 2.75) is 26.3 Å². The Kier molecular flexibility index (Phi) is 5.19. The Bertz CT molecular complexity index is 642. The van der Waals surface area contributed by atoms with E-state index in [9.17, 15) is 5.26 Å². The molecule has 0 amide bonds. The van der Waals surface area contributed by atoms with Gasteiger partial charge in [-0.3, -0.25) is 0 Å². The van der Waals surface area contributed by atoms with Gasteiger partial charge >= 0.3 is 0 Å². The summed E-state index contributed by atoms with van der Waals surface area (Å²) < 4.78 is 0. The summed E-state index contributed by atoms with van der Waals surface area (Å²) in [5.74, 6) is 0. The molecule has 1 N–H and O–H groups in total. The van der Waals surface area contributed by atoms with Gasteiger partial charge in [0.2, 0.25) is 0 Å². The molecule has 21 heavy (non-hydrogen) atoms. The number of nitrogens with zero attached hydrogens (tertiary/aromatic N) is 2. The third kappa shape index (κ3) is 3.53. The van der Waals surface area contributed by atoms with Crippen LogP contribution in [0.1, 0.15) is 25.8 Å². The first-order valence-electron chi connectivity index (χ1n) is 7.53. The Morgan fingerprint density at radius 2 is 1.90 bits per heavy atom. The van der Waals surface area contributed by atoms with Gasteiger partial charge in [0.15, 0.2) is 0 Å². The molecular weight excluding hydrogens is 258 g/mol. The van der Waals surface area contributed by atoms with Crippen molar-refractivity contribution in [3.8, 4) is 6.07 Å². The first kappa shape index (κ1) is 15.3. The fourth-order valence-electron chi connectivity index (χ4n) is 2.45. The molecule has 0 spiro atoms. The maximum atomic E-state index is 9.19. The number of hydrogen-bond donors (Lipinski definition) is 1. The van der Waals surface area contributed by atoms with Crippen molar-refractivity contribution in [2.24, 2.45) is 0 Å². The summed E-state index contributed by atoms with van der Waals surface area (Å²) in [6, 6.07) is 14.8. The molecule has 0 saturated heterocycles. The molecule has 0 bridgehead atoms. The van der Waals surface area contributed by atoms with Crippen LogP contribution >= 0.6 is 0 Å². The third-order valence-electron chi connectivity index (χ3n) is 4.17. The second kappa shape index (κ2) is 7.10. The number of rotatable bonds is 6. The Labute approximate surface area is 127 Å². The van der Waals surface area contributed by atoms with Crippen molar-refractivity contribution in [3.63, 3.8) is 0 Å². The first-order valence-corrected chi connectivity index (χ1v) is 7.53. The predicted octanol–water partition coefficient (Wildman–Crippen LogP) is 3.85. The third-order valence-corrected chi connectivity index (χ3v) is 4.17. The molecule has 0 aliphatic carbocycles. The molecule has 0 radical (unpaired) electrons. The summed E-state index contributed by atoms with van der Waals surface area (Å²) in [4.78, 5) is 2.36. The minimum Gasteiger partial charge on any atom is -0.383 e. The minimum absolute atomic E-state index is 0.601. The van der Waals surface area contributed by atoms with Crippen LogP contribution in [0.15, 0.2) is 36.4 Å². The normalized spacial score (nSPS) is 12.3. The van der Waals surface area contributed by atoms with Crippen LogP contribution in [0.5, 0.6) is 0 Å². The second-order valence-electron chi connectivity index (χ2n) is 5.48. The van der Waals surface area contributed by atoms with Crippen molar-refractivity contribution in [1.82, 2.24) is 4.90 Å². The number of benzene rings is 2. The molecule has 2 rings (SSSR count). The number of anilines is 1. The fraction of sp³-hybridized carbons (Fsp3) is 0.389. The Morgan fingerprint density at radius 1 is 1.19 bits per heavy atom. The monoisotopic (exact) mass is 281 g/mol. The highest BCUT2D eigenvalue weighted by atomic mass is 15.1. The number of nitriles is 1. The lowest BCUT2D eigenvalue weighted by Gasteiger charge is -2.23. The zero-order chi connectivity index (χ0) is 15.2. The van der Waals surface area contributed by atoms with Crippen molar-refractivity contribution in [1.29, 1.82) is 5.26 Å². The van der Waals surface area contributed by atoms with Gasteiger partial charge in [-0.15, -0.1) is 0 Å². The van der Waals surface area contributed by atoms with E-state index in [-0.39, 0.29) is 0 Å². The van der Waals surface area contributed by atoms with E-state index in [4.69, 9.17) is 0 Å². The van der Waals surface area contributed by atoms with Gasteiger partial charge in [-0.1, -0.05) is 31.2 Å². The van der Waals surface area contributed by atoms with Gasteiger partial charge in [-0.2, -0.15) is 5.26 Å². The first-order chi connectivity index (χ1) is 10.2. The summed E-state index contributed by atoms with van der Waals surface area (Å²) in [6.45, 7) is 6.36. The van der Waals surface area contributed by atoms with Crippen LogP contribution in [0.3, 0.4) is 0 Å². The maximum Gasteiger partial charge on any atom is 0.0998 e. The lowest BCUT2D eigenvalue weighted by molar-refractivity contribution is 0.261. The highest BCUT2D eigenvalue weighted by Crippen LogP contribution is 2.26. The molecule has 110 valence electrons. The van der Waals surface area contributed by atoms with Gasteiger partial charge in [0.25, 0.3) is 0 Å². The molecule has 3 nitrogen and oxygen atoms in total. The standard InChI is InChI=1S/C18H23N3/c1-4-14(2)21(3)12-11-20-18-10-9-15(13-19)16-7-5-6-8-17(16)18/h5-10,14,20H,4,11-12H2,1-3H3. The predicted molar refractivity (Wildman–Crippen MR) is 89.5 cm³/mol. The van der Waals surface area contributed by atoms with Crippen molar-refractivity contribution in [3.05, 3.63) is 42.0 Å². The maximum absolute atomic E-state index is 9.19. The molecule has 1 unspecified atom stereocenters. The van der Waals surface area contributed by atoms with E-state index in [0.29, 0.717) is 6.04 Å². The molecule has 2 aromatic carbocycles. The van der Waals surface area contributed by atoms with Crippen LogP contribution < -0.4 is 5.32 Å². The molecule has 1 atom stereocenters. The number of hydrogen-bond acceptors (Lipinski definition) is 3. The van der Waals surface area contributed by atoms with Crippen LogP contribution in [0.25, 0.3) is 10.8 Å². The van der Waals surface area contributed by atoms with Gasteiger partial charge in [-0.05, 0) is 32.5 Å². The largest absolute Gasteiger partial charge is 0.383 e. The van der Waals surface area contributed by atoms with E-state index in [1.807, 2.05) is 30.3 Å². The van der Waals surface area contributed by atoms with Crippen LogP contribution in [-0.2, 0) is 0 Å². The zero-order valence-electron chi connectivity index (χ0n) is 13.1. The second-order valence-corrected chi connectivity index (χ2v) is 5.48. The molecular formula is C18H23N3. The van der Waals surface area contributed by atoms with Crippen molar-refractivity contribution < 1.29 is 0 Å². The van der Waals surface area contributed by atoms with Gasteiger partial charge < -0.3 is 10.2 Å². The van der Waals surface area contributed by atoms with E-state index < -0.39 is 0 Å². The summed E-state index contributed by atoms with van der Waals surface area (Å²) in [6.07, 6.45) is 1.16. The van der Waals surface area contributed by atoms with E-state index in [1.54, 1.807) is 0 Å². The van der Waals surface area contributed by atoms with Gasteiger partial charge in [0.05, 0.1) is 11.6 Å². The zero-order valence-corrected chi connectivity index (χ0v) is 13.1. The average Bonchev–Trinajstić information content (AvgIpc) is 2.54. The number of nitrogens with one attached hydrogen (secondary N) is 1. The fourth-order valence-corrected chi connectivity index (χ4v) is 2.45. The summed E-state index contributed by atoms with van der Waals surface area (Å²) in [5.41, 5.74) is 1.83. The van der Waals surface area contributed by atoms with Crippen LogP contribution in [0.4, 0.5) is 5.69 Å². The topological polar surface area (TPSA) is 39.1 Å². The lowest BCUT2D eigenvalue weighted by Crippen LogP contribution is -2.32. The number of fused-ring (bicyclic) bond motifs is 1. The summed E-state index contributed by atoms with van der Waals surface area (Å²) >= 11 is 0. The SMILES string of the molecule is CCC(C)N(C)CCNc1ccc(C#N)c2ccccc12. The van der Waals surface area contributed by atoms with Crippen molar-refractivity contribution >= 4 is 16.5 Å². The molecule has 0 aliphatic rings. The minimum atomic E-state index is 0.601. The van der Waals surface area contributed by atoms with Crippen LogP contribution in [-0.4, -0.2) is 31.1 Å². The van der Waals surface area contributed by atoms with Gasteiger partial charge in [0.1, 0.15) is 0 Å². The molecule has 0 fully saturated rings. The number of likely N-dealkylation sites (N-methyl/N-ethyl adjacent to an activating group) is 1. The molecule has 0 saturated carbocycles. The molecule has 0 aliphatic heterocycles. The quantitative estimate of drug-likeness (QED) is 0.874. The highest BCUT2D eigenvalue weighted by Gasteiger charge is 2.07. The lowest BCUT2D eigenvalue weighted by atomic mass is 10.0. The summed E-state index contributed by atoms with van der Waals surface area (Å²) in [5, 5.41) is 14.8. The average molecular weight is 281 g/mol.